The quantitative estimate of drug-likeness (QED) is 0.107. The molecule has 0 aliphatic heterocycles. The van der Waals surface area contributed by atoms with Crippen LogP contribution < -0.4 is 0 Å². The third kappa shape index (κ3) is 13.5. The largest absolute Gasteiger partial charge is 0.486 e. The van der Waals surface area contributed by atoms with E-state index < -0.39 is 5.97 Å². The second-order valence-corrected chi connectivity index (χ2v) is 23.2. The molecule has 0 amide bonds. The number of fused-ring (bicyclic) bond motifs is 1. The first kappa shape index (κ1) is 54.1. The number of hydrogen-bond donors (Lipinski definition) is 1. The molecule has 8 rings (SSSR count). The zero-order valence-corrected chi connectivity index (χ0v) is 44.6. The number of thiophene rings is 1. The number of hydrogen-bond acceptors (Lipinski definition) is 7. The monoisotopic (exact) mass is 968 g/mol. The second-order valence-electron chi connectivity index (χ2n) is 21.6. The molecule has 0 saturated carbocycles. The van der Waals surface area contributed by atoms with E-state index in [-0.39, 0.29) is 45.3 Å². The van der Waals surface area contributed by atoms with Crippen LogP contribution in [0.25, 0.3) is 54.8 Å². The van der Waals surface area contributed by atoms with Crippen molar-refractivity contribution >= 4 is 74.6 Å². The van der Waals surface area contributed by atoms with Crippen LogP contribution >= 0.6 is 23.1 Å². The highest BCUT2D eigenvalue weighted by atomic mass is 32.1. The zero-order valence-electron chi connectivity index (χ0n) is 43.0. The first-order chi connectivity index (χ1) is 32.6. The number of nitrogens with zero attached hydrogens (tertiary/aromatic N) is 4. The zero-order chi connectivity index (χ0) is 51.9. The summed E-state index contributed by atoms with van der Waals surface area (Å²) in [6.07, 6.45) is 3.26. The molecule has 1 aliphatic rings. The number of carbonyl (C=O) groups is 3. The van der Waals surface area contributed by atoms with Crippen LogP contribution in [0.4, 0.5) is 0 Å². The number of carbonyl (C=O) groups excluding carboxylic acids is 2. The third-order valence-corrected chi connectivity index (χ3v) is 13.7. The summed E-state index contributed by atoms with van der Waals surface area (Å²) in [5.41, 5.74) is 12.3. The van der Waals surface area contributed by atoms with E-state index in [1.54, 1.807) is 0 Å². The molecular weight excluding hydrogens is 905 g/mol. The highest BCUT2D eigenvalue weighted by molar-refractivity contribution is 7.13. The van der Waals surface area contributed by atoms with Crippen LogP contribution in [0, 0.1) is 20.1 Å². The van der Waals surface area contributed by atoms with Crippen molar-refractivity contribution in [2.45, 2.75) is 125 Å². The topological polar surface area (TPSA) is 106 Å². The second kappa shape index (κ2) is 21.8. The molecule has 2 heterocycles. The Labute approximate surface area is 422 Å². The van der Waals surface area contributed by atoms with E-state index in [1.807, 2.05) is 55.5 Å². The van der Waals surface area contributed by atoms with Crippen molar-refractivity contribution in [2.24, 2.45) is 0 Å². The Morgan fingerprint density at radius 2 is 1.16 bits per heavy atom. The molecule has 8 nitrogen and oxygen atoms in total. The molecule has 0 spiro atoms. The molecule has 0 bridgehead atoms. The van der Waals surface area contributed by atoms with Crippen LogP contribution in [-0.4, -0.2) is 31.4 Å². The molecule has 0 saturated heterocycles. The standard InChI is InChI=1S/C23H18N2O2S.C14H17N.C12H13NO2S.C11H16/c1-23(2,3)17-10-9-14(21-22(17)25-28-24-21)12-7-8-16-19(27)11-18(26)15-6-4-5-13(12)20(15)16;1-11(15-5)10-12-6-8-13(9-7-12)14(2,3)4;1-12(2,3)10-6-5-8(16-10)7-9(13-4)11(14)15;1-9-5-7-10(8-6-9)11(2,3)4/h4-10H,11H2,1-3H3;6-10H,1-4H3;5-7H,1-3H3,(H,14,15);5-8H,1-4H3/b;11-10-;9-7-;. The van der Waals surface area contributed by atoms with Crippen LogP contribution in [0.5, 0.6) is 0 Å². The van der Waals surface area contributed by atoms with E-state index in [9.17, 15) is 14.4 Å². The molecule has 70 heavy (non-hydrogen) atoms. The first-order valence-electron chi connectivity index (χ1n) is 23.2. The summed E-state index contributed by atoms with van der Waals surface area (Å²) in [6, 6.07) is 34.6. The minimum Gasteiger partial charge on any atom is -0.486 e. The number of rotatable bonds is 4. The molecule has 1 aliphatic carbocycles. The van der Waals surface area contributed by atoms with Gasteiger partial charge in [-0.25, -0.2) is 9.69 Å². The van der Waals surface area contributed by atoms with Crippen LogP contribution in [0.15, 0.2) is 115 Å². The van der Waals surface area contributed by atoms with Crippen LogP contribution in [0.1, 0.15) is 155 Å². The Morgan fingerprint density at radius 3 is 1.67 bits per heavy atom. The number of aromatic nitrogens is 2. The predicted octanol–water partition coefficient (Wildman–Crippen LogP) is 16.5. The number of allylic oxidation sites excluding steroid dienone is 1. The lowest BCUT2D eigenvalue weighted by atomic mass is 9.82. The van der Waals surface area contributed by atoms with Crippen molar-refractivity contribution in [1.82, 2.24) is 8.75 Å². The van der Waals surface area contributed by atoms with E-state index in [1.165, 1.54) is 50.7 Å². The van der Waals surface area contributed by atoms with Crippen LogP contribution in [-0.2, 0) is 26.5 Å². The fourth-order valence-electron chi connectivity index (χ4n) is 7.65. The number of aliphatic carboxylic acids is 1. The summed E-state index contributed by atoms with van der Waals surface area (Å²) in [5.74, 6) is -1.40. The van der Waals surface area contributed by atoms with Gasteiger partial charge in [0, 0.05) is 31.8 Å². The molecule has 0 fully saturated rings. The molecule has 0 atom stereocenters. The fourth-order valence-corrected chi connectivity index (χ4v) is 9.22. The molecular formula is C60H64N4O4S2. The lowest BCUT2D eigenvalue weighted by molar-refractivity contribution is -0.132. The summed E-state index contributed by atoms with van der Waals surface area (Å²) in [6.45, 7) is 43.6. The van der Waals surface area contributed by atoms with E-state index in [0.717, 1.165) is 54.6 Å². The molecule has 5 aromatic carbocycles. The van der Waals surface area contributed by atoms with Crippen molar-refractivity contribution in [3.8, 4) is 11.1 Å². The first-order valence-corrected chi connectivity index (χ1v) is 24.7. The molecule has 360 valence electrons. The lowest BCUT2D eigenvalue weighted by Crippen LogP contribution is -2.16. The number of Topliss-reactive ketones (excluding diaryl/α,β-unsaturated/α-hetero) is 2. The Bertz CT molecular complexity index is 3180. The smallest absolute Gasteiger partial charge is 0.333 e. The normalized spacial score (nSPS) is 13.0. The van der Waals surface area contributed by atoms with Crippen molar-refractivity contribution in [3.05, 3.63) is 186 Å². The van der Waals surface area contributed by atoms with Gasteiger partial charge in [0.1, 0.15) is 11.0 Å². The van der Waals surface area contributed by atoms with E-state index in [4.69, 9.17) is 18.3 Å². The van der Waals surface area contributed by atoms with Crippen molar-refractivity contribution < 1.29 is 19.5 Å². The van der Waals surface area contributed by atoms with Crippen molar-refractivity contribution in [2.75, 3.05) is 0 Å². The van der Waals surface area contributed by atoms with Gasteiger partial charge in [-0.05, 0) is 86.9 Å². The average molecular weight is 969 g/mol. The van der Waals surface area contributed by atoms with Gasteiger partial charge in [0.05, 0.1) is 31.3 Å². The summed E-state index contributed by atoms with van der Waals surface area (Å²) < 4.78 is 9.14. The maximum absolute atomic E-state index is 12.4. The van der Waals surface area contributed by atoms with Gasteiger partial charge in [0.2, 0.25) is 0 Å². The molecule has 2 aromatic heterocycles. The average Bonchev–Trinajstić information content (AvgIpc) is 3.98. The Hall–Kier alpha value is -6.85. The molecule has 10 heteroatoms. The number of benzene rings is 5. The van der Waals surface area contributed by atoms with Gasteiger partial charge in [-0.1, -0.05) is 186 Å². The Kier molecular flexibility index (Phi) is 16.9. The summed E-state index contributed by atoms with van der Waals surface area (Å²) in [5, 5.41) is 10.4. The van der Waals surface area contributed by atoms with E-state index >= 15 is 0 Å². The lowest BCUT2D eigenvalue weighted by Gasteiger charge is -2.21. The highest BCUT2D eigenvalue weighted by Crippen LogP contribution is 2.41. The molecule has 7 aromatic rings. The van der Waals surface area contributed by atoms with Crippen LogP contribution in [0.3, 0.4) is 0 Å². The third-order valence-electron chi connectivity index (χ3n) is 11.7. The van der Waals surface area contributed by atoms with Gasteiger partial charge < -0.3 is 5.11 Å². The van der Waals surface area contributed by atoms with Crippen molar-refractivity contribution in [3.63, 3.8) is 0 Å². The maximum atomic E-state index is 12.4. The summed E-state index contributed by atoms with van der Waals surface area (Å²) >= 11 is 2.73. The van der Waals surface area contributed by atoms with Gasteiger partial charge in [-0.15, -0.1) is 11.3 Å². The van der Waals surface area contributed by atoms with Gasteiger partial charge in [0.15, 0.2) is 17.3 Å². The molecule has 0 unspecified atom stereocenters. The number of aryl methyl sites for hydroxylation is 1. The highest BCUT2D eigenvalue weighted by Gasteiger charge is 2.28. The van der Waals surface area contributed by atoms with E-state index in [2.05, 4.69) is 169 Å². The Balaban J connectivity index is 0.000000187. The number of carboxylic acid groups (broad SMARTS) is 1. The van der Waals surface area contributed by atoms with Crippen LogP contribution in [0.2, 0.25) is 0 Å². The predicted molar refractivity (Wildman–Crippen MR) is 293 cm³/mol. The van der Waals surface area contributed by atoms with Gasteiger partial charge in [0.25, 0.3) is 5.70 Å². The SMILES string of the molecule is CC(C)(C)c1ccc(-c2ccc3c4c(cccc24)C(=O)CC3=O)c2nsnc12.Cc1ccc(C(C)(C)C)cc1.[C-]#[N+]/C(=C\c1ccc(C(C)(C)C)s1)C(=O)O.[C-]#[N+]/C(C)=C\c1ccc(C(C)(C)C)cc1. The van der Waals surface area contributed by atoms with E-state index in [0.29, 0.717) is 11.1 Å². The minimum absolute atomic E-state index is 0.0364. The summed E-state index contributed by atoms with van der Waals surface area (Å²) in [7, 11) is 0. The van der Waals surface area contributed by atoms with Gasteiger partial charge >= 0.3 is 5.97 Å². The van der Waals surface area contributed by atoms with Gasteiger partial charge in [-0.2, -0.15) is 8.75 Å². The molecule has 1 N–H and O–H groups in total. The Morgan fingerprint density at radius 1 is 0.614 bits per heavy atom. The fraction of sp³-hybridized carbons (Fsp3) is 0.317. The minimum atomic E-state index is -1.18. The summed E-state index contributed by atoms with van der Waals surface area (Å²) in [4.78, 5) is 43.8. The maximum Gasteiger partial charge on any atom is 0.333 e. The van der Waals surface area contributed by atoms with Gasteiger partial charge in [-0.3, -0.25) is 14.4 Å². The number of carboxylic acids is 1. The molecule has 0 radical (unpaired) electrons. The number of ketones is 2. The van der Waals surface area contributed by atoms with Crippen molar-refractivity contribution in [1.29, 1.82) is 0 Å².